The maximum Gasteiger partial charge on any atom is 0.0784 e. The fourth-order valence-corrected chi connectivity index (χ4v) is 0.830. The fourth-order valence-electron chi connectivity index (χ4n) is 0.830. The normalized spacial score (nSPS) is 13.8. The van der Waals surface area contributed by atoms with E-state index in [1.165, 1.54) is 5.57 Å². The second-order valence-corrected chi connectivity index (χ2v) is 3.18. The van der Waals surface area contributed by atoms with Crippen LogP contribution in [0, 0.1) is 0 Å². The molecule has 1 nitrogen and oxygen atoms in total. The third kappa shape index (κ3) is 4.91. The Labute approximate surface area is 75.1 Å². The molecule has 0 saturated carbocycles. The van der Waals surface area contributed by atoms with E-state index in [0.717, 1.165) is 5.57 Å². The fraction of sp³-hybridized carbons (Fsp3) is 0.455. The SMILES string of the molecule is C=C/C=C(\C)C(O)CC=C(C)C. The summed E-state index contributed by atoms with van der Waals surface area (Å²) in [7, 11) is 0. The number of rotatable bonds is 4. The van der Waals surface area contributed by atoms with Gasteiger partial charge in [0.1, 0.15) is 0 Å². The minimum absolute atomic E-state index is 0.363. The van der Waals surface area contributed by atoms with Crippen molar-refractivity contribution < 1.29 is 5.11 Å². The standard InChI is InChI=1S/C11H18O/c1-5-6-10(4)11(12)8-7-9(2)3/h5-7,11-12H,1,8H2,2-4H3/b10-6+. The van der Waals surface area contributed by atoms with Gasteiger partial charge >= 0.3 is 0 Å². The molecule has 68 valence electrons. The van der Waals surface area contributed by atoms with Crippen molar-refractivity contribution in [3.05, 3.63) is 36.0 Å². The molecule has 0 aliphatic rings. The molecule has 0 aromatic carbocycles. The highest BCUT2D eigenvalue weighted by Gasteiger charge is 2.02. The maximum atomic E-state index is 9.54. The minimum Gasteiger partial charge on any atom is -0.388 e. The Bertz CT molecular complexity index is 195. The van der Waals surface area contributed by atoms with Crippen molar-refractivity contribution >= 4 is 0 Å². The van der Waals surface area contributed by atoms with Crippen LogP contribution >= 0.6 is 0 Å². The average molecular weight is 166 g/mol. The highest BCUT2D eigenvalue weighted by Crippen LogP contribution is 2.07. The summed E-state index contributed by atoms with van der Waals surface area (Å²) in [6.45, 7) is 9.54. The van der Waals surface area contributed by atoms with Crippen LogP contribution in [-0.2, 0) is 0 Å². The molecule has 0 aliphatic heterocycles. The van der Waals surface area contributed by atoms with Crippen LogP contribution in [0.1, 0.15) is 27.2 Å². The summed E-state index contributed by atoms with van der Waals surface area (Å²) in [5.41, 5.74) is 2.20. The number of allylic oxidation sites excluding steroid dienone is 3. The number of aliphatic hydroxyl groups is 1. The van der Waals surface area contributed by atoms with Gasteiger partial charge in [-0.25, -0.2) is 0 Å². The molecule has 1 atom stereocenters. The van der Waals surface area contributed by atoms with E-state index in [-0.39, 0.29) is 6.10 Å². The van der Waals surface area contributed by atoms with Crippen LogP contribution in [0.15, 0.2) is 36.0 Å². The smallest absolute Gasteiger partial charge is 0.0784 e. The van der Waals surface area contributed by atoms with Gasteiger partial charge in [0.2, 0.25) is 0 Å². The van der Waals surface area contributed by atoms with Gasteiger partial charge in [0, 0.05) is 0 Å². The first-order valence-corrected chi connectivity index (χ1v) is 4.18. The summed E-state index contributed by atoms with van der Waals surface area (Å²) in [6.07, 6.45) is 5.90. The van der Waals surface area contributed by atoms with E-state index in [4.69, 9.17) is 0 Å². The first-order valence-electron chi connectivity index (χ1n) is 4.18. The Morgan fingerprint density at radius 1 is 1.42 bits per heavy atom. The first-order chi connectivity index (χ1) is 5.57. The average Bonchev–Trinajstić information content (AvgIpc) is 2.00. The monoisotopic (exact) mass is 166 g/mol. The predicted molar refractivity (Wildman–Crippen MR) is 54.0 cm³/mol. The van der Waals surface area contributed by atoms with Crippen LogP contribution in [0.3, 0.4) is 0 Å². The van der Waals surface area contributed by atoms with Crippen molar-refractivity contribution in [3.8, 4) is 0 Å². The van der Waals surface area contributed by atoms with Crippen molar-refractivity contribution in [1.82, 2.24) is 0 Å². The molecule has 0 aromatic heterocycles. The van der Waals surface area contributed by atoms with E-state index >= 15 is 0 Å². The topological polar surface area (TPSA) is 20.2 Å². The summed E-state index contributed by atoms with van der Waals surface area (Å²) < 4.78 is 0. The van der Waals surface area contributed by atoms with Crippen molar-refractivity contribution in [2.45, 2.75) is 33.3 Å². The number of hydrogen-bond donors (Lipinski definition) is 1. The second-order valence-electron chi connectivity index (χ2n) is 3.18. The lowest BCUT2D eigenvalue weighted by Gasteiger charge is -2.07. The Hall–Kier alpha value is -0.820. The van der Waals surface area contributed by atoms with Crippen LogP contribution in [-0.4, -0.2) is 11.2 Å². The molecule has 0 heterocycles. The van der Waals surface area contributed by atoms with Crippen molar-refractivity contribution in [2.75, 3.05) is 0 Å². The lowest BCUT2D eigenvalue weighted by Crippen LogP contribution is -2.06. The Morgan fingerprint density at radius 3 is 2.42 bits per heavy atom. The van der Waals surface area contributed by atoms with E-state index in [2.05, 4.69) is 6.58 Å². The van der Waals surface area contributed by atoms with Crippen molar-refractivity contribution in [1.29, 1.82) is 0 Å². The molecule has 1 heteroatoms. The lowest BCUT2D eigenvalue weighted by atomic mass is 10.1. The third-order valence-electron chi connectivity index (χ3n) is 1.66. The van der Waals surface area contributed by atoms with Crippen LogP contribution in [0.25, 0.3) is 0 Å². The Kier molecular flexibility index (Phi) is 5.39. The molecule has 0 radical (unpaired) electrons. The second kappa shape index (κ2) is 5.78. The van der Waals surface area contributed by atoms with Gasteiger partial charge in [0.25, 0.3) is 0 Å². The molecule has 0 aromatic rings. The van der Waals surface area contributed by atoms with Gasteiger partial charge in [0.05, 0.1) is 6.10 Å². The summed E-state index contributed by atoms with van der Waals surface area (Å²) in [5.74, 6) is 0. The molecule has 0 aliphatic carbocycles. The minimum atomic E-state index is -0.363. The molecule has 0 amide bonds. The Balaban J connectivity index is 4.04. The van der Waals surface area contributed by atoms with Crippen LogP contribution in [0.4, 0.5) is 0 Å². The van der Waals surface area contributed by atoms with E-state index in [1.807, 2.05) is 32.9 Å². The summed E-state index contributed by atoms with van der Waals surface area (Å²) in [4.78, 5) is 0. The molecule has 1 N–H and O–H groups in total. The van der Waals surface area contributed by atoms with E-state index in [0.29, 0.717) is 6.42 Å². The zero-order valence-corrected chi connectivity index (χ0v) is 8.17. The molecule has 0 rings (SSSR count). The van der Waals surface area contributed by atoms with E-state index < -0.39 is 0 Å². The van der Waals surface area contributed by atoms with Gasteiger partial charge in [-0.1, -0.05) is 30.4 Å². The number of hydrogen-bond acceptors (Lipinski definition) is 1. The summed E-state index contributed by atoms with van der Waals surface area (Å²) in [6, 6.07) is 0. The molecule has 1 unspecified atom stereocenters. The van der Waals surface area contributed by atoms with Crippen molar-refractivity contribution in [3.63, 3.8) is 0 Å². The Morgan fingerprint density at radius 2 is 2.00 bits per heavy atom. The zero-order valence-electron chi connectivity index (χ0n) is 8.17. The van der Waals surface area contributed by atoms with Gasteiger partial charge in [-0.15, -0.1) is 0 Å². The van der Waals surface area contributed by atoms with Gasteiger partial charge in [-0.05, 0) is 32.8 Å². The molecule has 0 spiro atoms. The molecular formula is C11H18O. The molecule has 0 saturated heterocycles. The van der Waals surface area contributed by atoms with Gasteiger partial charge < -0.3 is 5.11 Å². The largest absolute Gasteiger partial charge is 0.388 e. The van der Waals surface area contributed by atoms with Crippen LogP contribution < -0.4 is 0 Å². The zero-order chi connectivity index (χ0) is 9.56. The number of aliphatic hydroxyl groups excluding tert-OH is 1. The highest BCUT2D eigenvalue weighted by molar-refractivity contribution is 5.13. The molecule has 0 bridgehead atoms. The summed E-state index contributed by atoms with van der Waals surface area (Å²) in [5, 5.41) is 9.54. The summed E-state index contributed by atoms with van der Waals surface area (Å²) >= 11 is 0. The quantitative estimate of drug-likeness (QED) is 0.503. The third-order valence-corrected chi connectivity index (χ3v) is 1.66. The van der Waals surface area contributed by atoms with Crippen molar-refractivity contribution in [2.24, 2.45) is 0 Å². The molecule has 12 heavy (non-hydrogen) atoms. The van der Waals surface area contributed by atoms with Gasteiger partial charge in [-0.2, -0.15) is 0 Å². The van der Waals surface area contributed by atoms with E-state index in [9.17, 15) is 5.11 Å². The van der Waals surface area contributed by atoms with Crippen LogP contribution in [0.5, 0.6) is 0 Å². The first kappa shape index (κ1) is 11.2. The van der Waals surface area contributed by atoms with Crippen LogP contribution in [0.2, 0.25) is 0 Å². The molecule has 0 fully saturated rings. The maximum absolute atomic E-state index is 9.54. The lowest BCUT2D eigenvalue weighted by molar-refractivity contribution is 0.214. The van der Waals surface area contributed by atoms with Gasteiger partial charge in [-0.3, -0.25) is 0 Å². The van der Waals surface area contributed by atoms with E-state index in [1.54, 1.807) is 6.08 Å². The molecular weight excluding hydrogens is 148 g/mol. The highest BCUT2D eigenvalue weighted by atomic mass is 16.3. The predicted octanol–water partition coefficient (Wildman–Crippen LogP) is 2.84. The van der Waals surface area contributed by atoms with Gasteiger partial charge in [0.15, 0.2) is 0 Å².